The fourth-order valence-electron chi connectivity index (χ4n) is 2.97. The van der Waals surface area contributed by atoms with Crippen LogP contribution in [0.2, 0.25) is 0 Å². The zero-order valence-electron chi connectivity index (χ0n) is 12.2. The van der Waals surface area contributed by atoms with Crippen molar-refractivity contribution in [3.63, 3.8) is 0 Å². The van der Waals surface area contributed by atoms with Crippen LogP contribution in [0.3, 0.4) is 0 Å². The summed E-state index contributed by atoms with van der Waals surface area (Å²) in [5.41, 5.74) is 5.04. The van der Waals surface area contributed by atoms with Gasteiger partial charge in [0.25, 0.3) is 0 Å². The maximum atomic E-state index is 12.1. The second-order valence-corrected chi connectivity index (χ2v) is 7.46. The first-order valence-corrected chi connectivity index (χ1v) is 8.96. The van der Waals surface area contributed by atoms with Crippen molar-refractivity contribution in [2.24, 2.45) is 0 Å². The Bertz CT molecular complexity index is 778. The Balaban J connectivity index is 1.80. The molecule has 3 nitrogen and oxygen atoms in total. The zero-order chi connectivity index (χ0) is 15.1. The van der Waals surface area contributed by atoms with Crippen LogP contribution >= 0.6 is 23.1 Å². The minimum atomic E-state index is -0.225. The van der Waals surface area contributed by atoms with E-state index in [2.05, 4.69) is 35.7 Å². The first kappa shape index (κ1) is 13.9. The Morgan fingerprint density at radius 1 is 1.18 bits per heavy atom. The lowest BCUT2D eigenvalue weighted by molar-refractivity contribution is 0.118. The Labute approximate surface area is 137 Å². The van der Waals surface area contributed by atoms with Crippen molar-refractivity contribution in [1.29, 1.82) is 0 Å². The van der Waals surface area contributed by atoms with Crippen molar-refractivity contribution in [3.8, 4) is 0 Å². The highest BCUT2D eigenvalue weighted by Crippen LogP contribution is 2.48. The molecule has 1 amide bonds. The van der Waals surface area contributed by atoms with Gasteiger partial charge in [-0.2, -0.15) is 0 Å². The summed E-state index contributed by atoms with van der Waals surface area (Å²) in [7, 11) is 0. The molecule has 0 atom stereocenters. The lowest BCUT2D eigenvalue weighted by Gasteiger charge is -2.17. The molecule has 0 saturated heterocycles. The van der Waals surface area contributed by atoms with Crippen LogP contribution in [-0.2, 0) is 4.74 Å². The van der Waals surface area contributed by atoms with E-state index in [9.17, 15) is 4.79 Å². The number of hydrogen-bond acceptors (Lipinski definition) is 4. The van der Waals surface area contributed by atoms with Gasteiger partial charge >= 0.3 is 6.09 Å². The molecule has 2 aromatic rings. The molecule has 0 radical (unpaired) electrons. The Morgan fingerprint density at radius 3 is 2.77 bits per heavy atom. The predicted octanol–water partition coefficient (Wildman–Crippen LogP) is 4.60. The predicted molar refractivity (Wildman–Crippen MR) is 90.3 cm³/mol. The summed E-state index contributed by atoms with van der Waals surface area (Å²) < 4.78 is 6.49. The van der Waals surface area contributed by atoms with Gasteiger partial charge in [0, 0.05) is 10.5 Å². The van der Waals surface area contributed by atoms with Gasteiger partial charge in [0.2, 0.25) is 0 Å². The molecule has 22 heavy (non-hydrogen) atoms. The third kappa shape index (κ3) is 2.16. The summed E-state index contributed by atoms with van der Waals surface area (Å²) in [5, 5.41) is 2.13. The molecule has 2 aliphatic rings. The van der Waals surface area contributed by atoms with E-state index < -0.39 is 0 Å². The number of ether oxygens (including phenoxy) is 1. The molecule has 0 N–H and O–H groups in total. The third-order valence-electron chi connectivity index (χ3n) is 3.96. The Morgan fingerprint density at radius 2 is 1.95 bits per heavy atom. The van der Waals surface area contributed by atoms with Gasteiger partial charge in [-0.1, -0.05) is 30.0 Å². The van der Waals surface area contributed by atoms with E-state index in [4.69, 9.17) is 4.74 Å². The molecule has 0 fully saturated rings. The number of benzene rings is 1. The van der Waals surface area contributed by atoms with Gasteiger partial charge in [0.05, 0.1) is 23.9 Å². The van der Waals surface area contributed by atoms with Gasteiger partial charge in [-0.3, -0.25) is 4.90 Å². The van der Waals surface area contributed by atoms with Gasteiger partial charge in [-0.25, -0.2) is 4.79 Å². The quantitative estimate of drug-likeness (QED) is 0.766. The van der Waals surface area contributed by atoms with Crippen LogP contribution < -0.4 is 0 Å². The van der Waals surface area contributed by atoms with E-state index in [1.54, 1.807) is 16.2 Å². The topological polar surface area (TPSA) is 29.5 Å². The van der Waals surface area contributed by atoms with E-state index in [1.807, 2.05) is 18.7 Å². The third-order valence-corrected chi connectivity index (χ3v) is 6.18. The van der Waals surface area contributed by atoms with Crippen LogP contribution in [0.1, 0.15) is 18.1 Å². The van der Waals surface area contributed by atoms with Gasteiger partial charge in [-0.15, -0.1) is 11.3 Å². The smallest absolute Gasteiger partial charge is 0.410 e. The molecule has 5 heteroatoms. The fourth-order valence-corrected chi connectivity index (χ4v) is 5.19. The number of thiophene rings is 1. The molecule has 112 valence electrons. The highest BCUT2D eigenvalue weighted by atomic mass is 32.2. The number of carbonyl (C=O) groups is 1. The average molecular weight is 329 g/mol. The molecule has 4 rings (SSSR count). The van der Waals surface area contributed by atoms with Crippen LogP contribution in [-0.4, -0.2) is 30.7 Å². The van der Waals surface area contributed by atoms with Crippen molar-refractivity contribution in [2.45, 2.75) is 16.0 Å². The second kappa shape index (κ2) is 5.48. The molecule has 1 aromatic heterocycles. The van der Waals surface area contributed by atoms with Crippen LogP contribution in [0.5, 0.6) is 0 Å². The van der Waals surface area contributed by atoms with Crippen LogP contribution in [0.15, 0.2) is 44.8 Å². The number of amides is 1. The van der Waals surface area contributed by atoms with Crippen molar-refractivity contribution in [1.82, 2.24) is 4.90 Å². The van der Waals surface area contributed by atoms with E-state index in [0.29, 0.717) is 19.7 Å². The van der Waals surface area contributed by atoms with Crippen molar-refractivity contribution >= 4 is 40.3 Å². The minimum Gasteiger partial charge on any atom is -0.450 e. The summed E-state index contributed by atoms with van der Waals surface area (Å²) in [4.78, 5) is 15.2. The molecule has 3 heterocycles. The lowest BCUT2D eigenvalue weighted by Crippen LogP contribution is -2.30. The molecular weight excluding hydrogens is 314 g/mol. The maximum absolute atomic E-state index is 12.1. The van der Waals surface area contributed by atoms with E-state index in [1.165, 1.54) is 31.4 Å². The summed E-state index contributed by atoms with van der Waals surface area (Å²) in [6, 6.07) is 10.6. The van der Waals surface area contributed by atoms with Gasteiger partial charge in [0.15, 0.2) is 0 Å². The standard InChI is InChI=1S/C17H15NO2S2/c1-2-20-17(19)18-9-13-11-5-3-4-6-15(11)22-16-12(7-8-21-16)14(13)10-18/h3-8H,2,9-10H2,1H3. The molecule has 0 spiro atoms. The number of carbonyl (C=O) groups excluding carboxylic acids is 1. The van der Waals surface area contributed by atoms with Crippen LogP contribution in [0.25, 0.3) is 11.1 Å². The normalized spacial score (nSPS) is 16.0. The van der Waals surface area contributed by atoms with Crippen LogP contribution in [0.4, 0.5) is 4.79 Å². The molecule has 0 aliphatic carbocycles. The largest absolute Gasteiger partial charge is 0.450 e. The lowest BCUT2D eigenvalue weighted by atomic mass is 9.99. The minimum absolute atomic E-state index is 0.225. The van der Waals surface area contributed by atoms with E-state index in [0.717, 1.165) is 0 Å². The highest BCUT2D eigenvalue weighted by Gasteiger charge is 2.32. The number of fused-ring (bicyclic) bond motifs is 4. The first-order chi connectivity index (χ1) is 10.8. The number of hydrogen-bond donors (Lipinski definition) is 0. The first-order valence-electron chi connectivity index (χ1n) is 7.26. The number of rotatable bonds is 1. The average Bonchev–Trinajstić information content (AvgIpc) is 3.12. The molecule has 0 bridgehead atoms. The zero-order valence-corrected chi connectivity index (χ0v) is 13.8. The molecule has 0 saturated carbocycles. The van der Waals surface area contributed by atoms with E-state index >= 15 is 0 Å². The van der Waals surface area contributed by atoms with Gasteiger partial charge in [-0.05, 0) is 41.1 Å². The SMILES string of the molecule is CCOC(=O)N1CC2=C(C1)c1ccsc1Sc1ccccc12. The van der Waals surface area contributed by atoms with Crippen molar-refractivity contribution < 1.29 is 9.53 Å². The Kier molecular flexibility index (Phi) is 3.47. The highest BCUT2D eigenvalue weighted by molar-refractivity contribution is 8.01. The summed E-state index contributed by atoms with van der Waals surface area (Å²) in [5.74, 6) is 0. The Hall–Kier alpha value is -1.72. The van der Waals surface area contributed by atoms with Gasteiger partial charge < -0.3 is 4.74 Å². The molecule has 0 unspecified atom stereocenters. The van der Waals surface area contributed by atoms with Crippen molar-refractivity contribution in [2.75, 3.05) is 19.7 Å². The number of nitrogens with zero attached hydrogens (tertiary/aromatic N) is 1. The summed E-state index contributed by atoms with van der Waals surface area (Å²) >= 11 is 3.59. The van der Waals surface area contributed by atoms with E-state index in [-0.39, 0.29) is 6.09 Å². The maximum Gasteiger partial charge on any atom is 0.410 e. The molecule has 1 aromatic carbocycles. The fraction of sp³-hybridized carbons (Fsp3) is 0.235. The van der Waals surface area contributed by atoms with Crippen molar-refractivity contribution in [3.05, 3.63) is 46.8 Å². The van der Waals surface area contributed by atoms with Crippen LogP contribution in [0, 0.1) is 0 Å². The molecular formula is C17H15NO2S2. The monoisotopic (exact) mass is 329 g/mol. The van der Waals surface area contributed by atoms with Gasteiger partial charge in [0.1, 0.15) is 0 Å². The second-order valence-electron chi connectivity index (χ2n) is 5.23. The molecule has 2 aliphatic heterocycles. The summed E-state index contributed by atoms with van der Waals surface area (Å²) in [6.45, 7) is 3.51. The summed E-state index contributed by atoms with van der Waals surface area (Å²) in [6.07, 6.45) is -0.225.